The number of hydrogen-bond acceptors (Lipinski definition) is 16. The molecule has 0 saturated carbocycles. The maximum atomic E-state index is 14.8. The van der Waals surface area contributed by atoms with Crippen molar-refractivity contribution in [2.45, 2.75) is 164 Å². The molecule has 0 aliphatic carbocycles. The molecule has 0 aromatic heterocycles. The fourth-order valence-electron chi connectivity index (χ4n) is 10.4. The quantitative estimate of drug-likeness (QED) is 0.0166. The van der Waals surface area contributed by atoms with Gasteiger partial charge in [0.25, 0.3) is 0 Å². The van der Waals surface area contributed by atoms with Gasteiger partial charge in [-0.15, -0.1) is 0 Å². The first-order chi connectivity index (χ1) is 45.7. The summed E-state index contributed by atoms with van der Waals surface area (Å²) in [5.41, 5.74) is 79.0. The number of rotatable bonds is 45. The van der Waals surface area contributed by atoms with E-state index < -0.39 is 95.6 Å². The largest absolute Gasteiger partial charge is 0.370 e. The third-order valence-electron chi connectivity index (χ3n) is 15.2. The number of likely N-dealkylation sites (tertiary alicyclic amines) is 1. The zero-order chi connectivity index (χ0) is 71.1. The average Bonchev–Trinajstić information content (AvgIpc) is 1.28. The fraction of sp³-hybridized carbons (Fsp3) is 0.576. The Morgan fingerprint density at radius 1 is 0.396 bits per heavy atom. The molecule has 1 aliphatic rings. The minimum absolute atomic E-state index is 0.0150. The predicted octanol–water partition coefficient (Wildman–Crippen LogP) is -7.30. The number of carbonyl (C=O) groups excluding carboxylic acids is 9. The molecule has 1 fully saturated rings. The van der Waals surface area contributed by atoms with Gasteiger partial charge in [-0.1, -0.05) is 42.5 Å². The van der Waals surface area contributed by atoms with Crippen molar-refractivity contribution in [3.8, 4) is 0 Å². The second-order valence-corrected chi connectivity index (χ2v) is 22.9. The van der Waals surface area contributed by atoms with E-state index in [0.717, 1.165) is 16.3 Å². The van der Waals surface area contributed by atoms with Gasteiger partial charge in [0.1, 0.15) is 48.3 Å². The number of nitrogens with one attached hydrogen (secondary N) is 7. The topological polar surface area (TPSA) is 680 Å². The monoisotopic (exact) mass is 1350 g/mol. The summed E-state index contributed by atoms with van der Waals surface area (Å²) in [5.74, 6) is -8.39. The summed E-state index contributed by atoms with van der Waals surface area (Å²) in [7, 11) is 0. The Morgan fingerprint density at radius 2 is 0.708 bits per heavy atom. The van der Waals surface area contributed by atoms with Gasteiger partial charge in [0.15, 0.2) is 35.8 Å². The maximum absolute atomic E-state index is 14.8. The molecule has 37 heteroatoms. The van der Waals surface area contributed by atoms with Crippen molar-refractivity contribution in [1.29, 1.82) is 0 Å². The molecular formula is C59H102N28O9. The van der Waals surface area contributed by atoms with Gasteiger partial charge >= 0.3 is 0 Å². The van der Waals surface area contributed by atoms with Crippen molar-refractivity contribution < 1.29 is 43.2 Å². The number of hydrogen-bond donors (Lipinski definition) is 21. The van der Waals surface area contributed by atoms with Crippen LogP contribution in [0.2, 0.25) is 0 Å². The number of aliphatic imine (C=N–C) groups is 6. The molecule has 0 unspecified atom stereocenters. The fourth-order valence-corrected chi connectivity index (χ4v) is 10.4. The van der Waals surface area contributed by atoms with E-state index in [2.05, 4.69) is 67.2 Å². The Kier molecular flexibility index (Phi) is 36.1. The Bertz CT molecular complexity index is 3060. The molecular weight excluding hydrogens is 1240 g/mol. The van der Waals surface area contributed by atoms with Gasteiger partial charge in [0.2, 0.25) is 53.2 Å². The highest BCUT2D eigenvalue weighted by Gasteiger charge is 2.38. The first-order valence-corrected chi connectivity index (χ1v) is 31.9. The van der Waals surface area contributed by atoms with Crippen molar-refractivity contribution in [3.05, 3.63) is 48.0 Å². The minimum atomic E-state index is -1.50. The third kappa shape index (κ3) is 31.0. The number of nitrogens with zero attached hydrogens (tertiary/aromatic N) is 7. The number of nitrogens with two attached hydrogens (primary N) is 14. The lowest BCUT2D eigenvalue weighted by atomic mass is 10.0. The van der Waals surface area contributed by atoms with Crippen molar-refractivity contribution in [2.24, 2.45) is 110 Å². The van der Waals surface area contributed by atoms with Crippen molar-refractivity contribution in [1.82, 2.24) is 42.1 Å². The number of amides is 9. The molecule has 1 saturated heterocycles. The van der Waals surface area contributed by atoms with E-state index in [1.807, 2.05) is 42.5 Å². The lowest BCUT2D eigenvalue weighted by Crippen LogP contribution is -2.60. The third-order valence-corrected chi connectivity index (χ3v) is 15.2. The Morgan fingerprint density at radius 3 is 1.05 bits per heavy atom. The van der Waals surface area contributed by atoms with Crippen LogP contribution in [0.3, 0.4) is 0 Å². The van der Waals surface area contributed by atoms with Gasteiger partial charge in [-0.3, -0.25) is 73.1 Å². The molecule has 0 radical (unpaired) electrons. The first kappa shape index (κ1) is 79.7. The van der Waals surface area contributed by atoms with Crippen LogP contribution in [0, 0.1) is 0 Å². The molecule has 0 bridgehead atoms. The number of guanidine groups is 6. The van der Waals surface area contributed by atoms with Crippen LogP contribution >= 0.6 is 0 Å². The molecule has 532 valence electrons. The van der Waals surface area contributed by atoms with Crippen molar-refractivity contribution in [2.75, 3.05) is 52.4 Å². The van der Waals surface area contributed by atoms with Crippen LogP contribution in [0.1, 0.15) is 115 Å². The minimum Gasteiger partial charge on any atom is -0.370 e. The molecule has 8 atom stereocenters. The number of fused-ring (bicyclic) bond motifs is 1. The predicted molar refractivity (Wildman–Crippen MR) is 367 cm³/mol. The Labute approximate surface area is 557 Å². The molecule has 1 heterocycles. The Balaban J connectivity index is 2.02. The molecule has 37 nitrogen and oxygen atoms in total. The van der Waals surface area contributed by atoms with E-state index in [9.17, 15) is 43.2 Å². The summed E-state index contributed by atoms with van der Waals surface area (Å²) >= 11 is 0. The van der Waals surface area contributed by atoms with E-state index in [0.29, 0.717) is 32.2 Å². The molecule has 96 heavy (non-hydrogen) atoms. The van der Waals surface area contributed by atoms with Gasteiger partial charge < -0.3 is 122 Å². The highest BCUT2D eigenvalue weighted by molar-refractivity contribution is 5.99. The van der Waals surface area contributed by atoms with Gasteiger partial charge in [-0.25, -0.2) is 0 Å². The molecule has 3 rings (SSSR count). The number of benzene rings is 2. The summed E-state index contributed by atoms with van der Waals surface area (Å²) in [4.78, 5) is 153. The summed E-state index contributed by atoms with van der Waals surface area (Å²) in [6.07, 6.45) is 1.91. The van der Waals surface area contributed by atoms with E-state index in [-0.39, 0.29) is 177 Å². The van der Waals surface area contributed by atoms with Gasteiger partial charge in [0, 0.05) is 45.8 Å². The van der Waals surface area contributed by atoms with Crippen LogP contribution in [-0.4, -0.2) is 195 Å². The highest BCUT2D eigenvalue weighted by atomic mass is 16.2. The van der Waals surface area contributed by atoms with Gasteiger partial charge in [0.05, 0.1) is 6.42 Å². The van der Waals surface area contributed by atoms with E-state index >= 15 is 0 Å². The lowest BCUT2D eigenvalue weighted by Gasteiger charge is -2.29. The highest BCUT2D eigenvalue weighted by Crippen LogP contribution is 2.24. The normalized spacial score (nSPS) is 14.6. The zero-order valence-electron chi connectivity index (χ0n) is 54.4. The second kappa shape index (κ2) is 43.4. The van der Waals surface area contributed by atoms with E-state index in [1.165, 1.54) is 4.90 Å². The van der Waals surface area contributed by atoms with Gasteiger partial charge in [-0.05, 0) is 132 Å². The van der Waals surface area contributed by atoms with Crippen LogP contribution in [0.15, 0.2) is 72.4 Å². The smallest absolute Gasteiger partial charge is 0.243 e. The molecule has 1 aliphatic heterocycles. The maximum Gasteiger partial charge on any atom is 0.243 e. The van der Waals surface area contributed by atoms with Crippen LogP contribution < -0.4 is 117 Å². The Hall–Kier alpha value is -10.5. The average molecular weight is 1350 g/mol. The van der Waals surface area contributed by atoms with Crippen LogP contribution in [0.4, 0.5) is 0 Å². The summed E-state index contributed by atoms with van der Waals surface area (Å²) in [6.45, 7) is 0.672. The van der Waals surface area contributed by atoms with Crippen molar-refractivity contribution in [3.63, 3.8) is 0 Å². The molecule has 9 amide bonds. The second-order valence-electron chi connectivity index (χ2n) is 22.9. The summed E-state index contributed by atoms with van der Waals surface area (Å²) < 4.78 is 0. The van der Waals surface area contributed by atoms with Crippen LogP contribution in [0.5, 0.6) is 0 Å². The van der Waals surface area contributed by atoms with Crippen molar-refractivity contribution >= 4 is 99.7 Å². The zero-order valence-corrected chi connectivity index (χ0v) is 54.4. The number of primary amides is 1. The van der Waals surface area contributed by atoms with Crippen LogP contribution in [0.25, 0.3) is 10.8 Å². The lowest BCUT2D eigenvalue weighted by molar-refractivity contribution is -0.139. The first-order valence-electron chi connectivity index (χ1n) is 31.9. The summed E-state index contributed by atoms with van der Waals surface area (Å²) in [5, 5.41) is 20.8. The molecule has 0 spiro atoms. The molecule has 2 aromatic rings. The number of unbranched alkanes of at least 4 members (excludes halogenated alkanes) is 1. The van der Waals surface area contributed by atoms with Crippen LogP contribution in [-0.2, 0) is 49.6 Å². The summed E-state index contributed by atoms with van der Waals surface area (Å²) in [6, 6.07) is 2.75. The SMILES string of the molecule is NCCCC[C@H](NC(=O)[C@@H]1CCCN1C(=O)Cc1cccc2ccccc12)C(=O)N[C@@H](CCCN=C(N)N)C(=O)N[C@@H](CCCN=C(N)N)C(=O)N[C@@H](CCCN=C(N)N)C(=O)N[C@@H](CCCN=C(N)N)C(=O)N[C@@H](CCCN=C(N)N)C(=O)N[C@@H](CCCN=C(N)N)C(N)=O. The standard InChI is InChI=1S/C59H102N28O9/c60-25-4-3-17-38(86-53(96)44-24-12-32-87(44)45(88)33-35-15-5-14-34-13-1-2-16-36(34)35)48(91)82-40(20-8-28-76-56(66)67)50(93)84-42(22-10-30-78-58(70)71)52(95)85-43(23-11-31-79-59(72)73)51(94)83-41(21-9-29-77-57(68)69)49(92)81-39(19-7-27-75-55(64)65)47(90)80-37(46(61)89)18-6-26-74-54(62)63/h1-2,5,13-16,37-44H,3-4,6-12,17-33,60H2,(H2,61,89)(H,80,90)(H,81,92)(H,82,91)(H,83,94)(H,84,93)(H,85,95)(H,86,96)(H4,62,63,74)(H4,64,65,75)(H4,66,67,76)(H4,68,69,77)(H4,70,71,78)(H4,72,73,79)/t37-,38-,39-,40-,41-,42-,43-,44-/m0/s1. The number of carbonyl (C=O) groups is 9. The van der Waals surface area contributed by atoms with E-state index in [4.69, 9.17) is 80.3 Å². The van der Waals surface area contributed by atoms with Gasteiger partial charge in [-0.2, -0.15) is 0 Å². The molecule has 35 N–H and O–H groups in total. The van der Waals surface area contributed by atoms with E-state index in [1.54, 1.807) is 0 Å². The molecule has 2 aromatic carbocycles.